The molecule has 0 unspecified atom stereocenters. The summed E-state index contributed by atoms with van der Waals surface area (Å²) in [6.45, 7) is 10.5. The summed E-state index contributed by atoms with van der Waals surface area (Å²) in [5.74, 6) is -0.434. The fourth-order valence-corrected chi connectivity index (χ4v) is 1.95. The van der Waals surface area contributed by atoms with Gasteiger partial charge in [-0.25, -0.2) is 9.59 Å². The van der Waals surface area contributed by atoms with Crippen LogP contribution in [0.4, 0.5) is 4.79 Å². The number of hydrogen-bond donors (Lipinski definition) is 0. The fraction of sp³-hybridized carbons (Fsp3) is 0.588. The minimum Gasteiger partial charge on any atom is -0.465 e. The highest BCUT2D eigenvalue weighted by Crippen LogP contribution is 2.24. The zero-order chi connectivity index (χ0) is 17.6. The van der Waals surface area contributed by atoms with Gasteiger partial charge in [0.15, 0.2) is 0 Å². The number of aromatic nitrogens is 1. The number of nitrogens with zero attached hydrogens (tertiary/aromatic N) is 2. The highest BCUT2D eigenvalue weighted by atomic mass is 16.6. The van der Waals surface area contributed by atoms with Crippen molar-refractivity contribution in [3.63, 3.8) is 0 Å². The molecule has 128 valence electrons. The monoisotopic (exact) mass is 322 g/mol. The van der Waals surface area contributed by atoms with Crippen molar-refractivity contribution in [3.8, 4) is 0 Å². The van der Waals surface area contributed by atoms with Gasteiger partial charge < -0.3 is 9.47 Å². The Bertz CT molecular complexity index is 564. The minimum atomic E-state index is -0.531. The first-order valence-corrected chi connectivity index (χ1v) is 7.75. The van der Waals surface area contributed by atoms with E-state index in [2.05, 4.69) is 23.6 Å². The van der Waals surface area contributed by atoms with Crippen LogP contribution in [-0.2, 0) is 22.6 Å². The second-order valence-corrected chi connectivity index (χ2v) is 6.36. The number of fused-ring (bicyclic) bond motifs is 1. The number of carbonyl (C=O) groups is 2. The molecule has 1 amide bonds. The van der Waals surface area contributed by atoms with Crippen molar-refractivity contribution in [2.75, 3.05) is 7.11 Å². The number of esters is 1. The molecule has 6 heteroatoms. The van der Waals surface area contributed by atoms with E-state index in [1.807, 2.05) is 20.8 Å². The SMILES string of the molecule is CCC.COC(=O)c1cnc2c(c1)CN(C(=O)OC(C)(C)C)C2. The van der Waals surface area contributed by atoms with Crippen LogP contribution in [-0.4, -0.2) is 34.7 Å². The normalized spacial score (nSPS) is 12.9. The summed E-state index contributed by atoms with van der Waals surface area (Å²) in [5.41, 5.74) is 1.48. The van der Waals surface area contributed by atoms with Gasteiger partial charge in [0.1, 0.15) is 5.60 Å². The van der Waals surface area contributed by atoms with Crippen LogP contribution in [0.15, 0.2) is 12.3 Å². The maximum atomic E-state index is 12.0. The lowest BCUT2D eigenvalue weighted by Gasteiger charge is -2.23. The lowest BCUT2D eigenvalue weighted by molar-refractivity contribution is 0.0240. The summed E-state index contributed by atoms with van der Waals surface area (Å²) >= 11 is 0. The topological polar surface area (TPSA) is 68.7 Å². The van der Waals surface area contributed by atoms with Gasteiger partial charge in [0.2, 0.25) is 0 Å². The molecule has 0 aliphatic carbocycles. The summed E-state index contributed by atoms with van der Waals surface area (Å²) in [6.07, 6.45) is 2.33. The Morgan fingerprint density at radius 3 is 2.39 bits per heavy atom. The van der Waals surface area contributed by atoms with Crippen LogP contribution in [0.1, 0.15) is 62.7 Å². The minimum absolute atomic E-state index is 0.380. The van der Waals surface area contributed by atoms with Gasteiger partial charge >= 0.3 is 12.1 Å². The molecule has 0 aromatic carbocycles. The zero-order valence-corrected chi connectivity index (χ0v) is 14.8. The maximum absolute atomic E-state index is 12.0. The maximum Gasteiger partial charge on any atom is 0.410 e. The molecule has 0 saturated carbocycles. The highest BCUT2D eigenvalue weighted by Gasteiger charge is 2.29. The number of ether oxygens (including phenoxy) is 2. The smallest absolute Gasteiger partial charge is 0.410 e. The fourth-order valence-electron chi connectivity index (χ4n) is 1.95. The molecule has 6 nitrogen and oxygen atoms in total. The summed E-state index contributed by atoms with van der Waals surface area (Å²) < 4.78 is 9.97. The number of carbonyl (C=O) groups excluding carboxylic acids is 2. The van der Waals surface area contributed by atoms with Crippen molar-refractivity contribution in [2.45, 2.75) is 59.7 Å². The van der Waals surface area contributed by atoms with E-state index in [4.69, 9.17) is 4.74 Å². The van der Waals surface area contributed by atoms with Gasteiger partial charge in [-0.1, -0.05) is 20.3 Å². The molecule has 2 heterocycles. The Hall–Kier alpha value is -2.11. The first-order valence-electron chi connectivity index (χ1n) is 7.75. The molecule has 1 aliphatic rings. The summed E-state index contributed by atoms with van der Waals surface area (Å²) in [6, 6.07) is 1.71. The van der Waals surface area contributed by atoms with Gasteiger partial charge in [-0.15, -0.1) is 0 Å². The third-order valence-electron chi connectivity index (χ3n) is 2.83. The van der Waals surface area contributed by atoms with Crippen LogP contribution in [0.3, 0.4) is 0 Å². The largest absolute Gasteiger partial charge is 0.465 e. The van der Waals surface area contributed by atoms with Crippen LogP contribution in [0.5, 0.6) is 0 Å². The summed E-state index contributed by atoms with van der Waals surface area (Å²) in [4.78, 5) is 29.2. The van der Waals surface area contributed by atoms with E-state index >= 15 is 0 Å². The van der Waals surface area contributed by atoms with Crippen molar-refractivity contribution >= 4 is 12.1 Å². The summed E-state index contributed by atoms with van der Waals surface area (Å²) in [7, 11) is 1.32. The zero-order valence-electron chi connectivity index (χ0n) is 14.8. The average molecular weight is 322 g/mol. The lowest BCUT2D eigenvalue weighted by Crippen LogP contribution is -2.33. The van der Waals surface area contributed by atoms with Crippen LogP contribution in [0.2, 0.25) is 0 Å². The second-order valence-electron chi connectivity index (χ2n) is 6.36. The molecule has 2 rings (SSSR count). The molecule has 0 N–H and O–H groups in total. The molecule has 0 fully saturated rings. The van der Waals surface area contributed by atoms with Crippen LogP contribution in [0, 0.1) is 0 Å². The van der Waals surface area contributed by atoms with Crippen molar-refractivity contribution in [3.05, 3.63) is 29.1 Å². The molecule has 0 spiro atoms. The van der Waals surface area contributed by atoms with Crippen molar-refractivity contribution in [2.24, 2.45) is 0 Å². The second kappa shape index (κ2) is 7.94. The van der Waals surface area contributed by atoms with E-state index in [1.165, 1.54) is 19.7 Å². The molecule has 0 saturated heterocycles. The summed E-state index contributed by atoms with van der Waals surface area (Å²) in [5, 5.41) is 0. The lowest BCUT2D eigenvalue weighted by atomic mass is 10.2. The Morgan fingerprint density at radius 2 is 1.87 bits per heavy atom. The van der Waals surface area contributed by atoms with E-state index in [1.54, 1.807) is 11.0 Å². The number of hydrogen-bond acceptors (Lipinski definition) is 5. The molecule has 23 heavy (non-hydrogen) atoms. The van der Waals surface area contributed by atoms with E-state index in [9.17, 15) is 9.59 Å². The van der Waals surface area contributed by atoms with Gasteiger partial charge in [0.25, 0.3) is 0 Å². The standard InChI is InChI=1S/C14H18N2O4.C3H8/c1-14(2,3)20-13(18)16-7-10-5-9(12(17)19-4)6-15-11(10)8-16;1-3-2/h5-6H,7-8H2,1-4H3;3H2,1-2H3. The Balaban J connectivity index is 0.000000816. The van der Waals surface area contributed by atoms with E-state index < -0.39 is 11.6 Å². The number of rotatable bonds is 1. The van der Waals surface area contributed by atoms with Gasteiger partial charge in [-0.2, -0.15) is 0 Å². The first kappa shape index (κ1) is 18.9. The van der Waals surface area contributed by atoms with Gasteiger partial charge in [0.05, 0.1) is 31.5 Å². The van der Waals surface area contributed by atoms with Crippen molar-refractivity contribution in [1.29, 1.82) is 0 Å². The van der Waals surface area contributed by atoms with Gasteiger partial charge in [-0.3, -0.25) is 9.88 Å². The van der Waals surface area contributed by atoms with E-state index in [-0.39, 0.29) is 6.09 Å². The molecule has 1 aliphatic heterocycles. The van der Waals surface area contributed by atoms with Gasteiger partial charge in [0, 0.05) is 6.20 Å². The Morgan fingerprint density at radius 1 is 1.26 bits per heavy atom. The predicted molar refractivity (Wildman–Crippen MR) is 87.0 cm³/mol. The quantitative estimate of drug-likeness (QED) is 0.740. The van der Waals surface area contributed by atoms with Crippen LogP contribution in [0.25, 0.3) is 0 Å². The highest BCUT2D eigenvalue weighted by molar-refractivity contribution is 5.89. The Kier molecular flexibility index (Phi) is 6.54. The third kappa shape index (κ3) is 5.54. The number of amides is 1. The third-order valence-corrected chi connectivity index (χ3v) is 2.83. The van der Waals surface area contributed by atoms with Crippen LogP contribution >= 0.6 is 0 Å². The van der Waals surface area contributed by atoms with Crippen LogP contribution < -0.4 is 0 Å². The Labute approximate surface area is 137 Å². The molecule has 0 radical (unpaired) electrons. The first-order chi connectivity index (χ1) is 10.7. The van der Waals surface area contributed by atoms with E-state index in [0.717, 1.165) is 11.3 Å². The number of pyridine rings is 1. The average Bonchev–Trinajstić information content (AvgIpc) is 2.88. The predicted octanol–water partition coefficient (Wildman–Crippen LogP) is 3.54. The van der Waals surface area contributed by atoms with Gasteiger partial charge in [-0.05, 0) is 32.4 Å². The molecule has 0 atom stereocenters. The molecular weight excluding hydrogens is 296 g/mol. The van der Waals surface area contributed by atoms with E-state index in [0.29, 0.717) is 18.7 Å². The molecule has 1 aromatic heterocycles. The molecule has 0 bridgehead atoms. The molecular formula is C17H26N2O4. The number of methoxy groups -OCH3 is 1. The molecule has 1 aromatic rings. The van der Waals surface area contributed by atoms with Crippen molar-refractivity contribution < 1.29 is 19.1 Å². The van der Waals surface area contributed by atoms with Crippen molar-refractivity contribution in [1.82, 2.24) is 9.88 Å².